The lowest BCUT2D eigenvalue weighted by molar-refractivity contribution is -0.131. The Morgan fingerprint density at radius 2 is 2.15 bits per heavy atom. The van der Waals surface area contributed by atoms with Crippen molar-refractivity contribution in [1.82, 2.24) is 9.88 Å². The van der Waals surface area contributed by atoms with Crippen LogP contribution in [-0.4, -0.2) is 35.0 Å². The first-order valence-electron chi connectivity index (χ1n) is 9.60. The molecule has 0 saturated carbocycles. The number of carbonyl (C=O) groups excluding carboxylic acids is 2. The molecule has 148 valence electrons. The predicted molar refractivity (Wildman–Crippen MR) is 110 cm³/mol. The molecule has 1 aromatic heterocycles. The summed E-state index contributed by atoms with van der Waals surface area (Å²) in [6.07, 6.45) is 8.71. The Hall–Kier alpha value is -1.95. The molecular formula is C21H30N2O3S. The van der Waals surface area contributed by atoms with Gasteiger partial charge >= 0.3 is 6.09 Å². The van der Waals surface area contributed by atoms with E-state index >= 15 is 0 Å². The van der Waals surface area contributed by atoms with Crippen LogP contribution in [0, 0.1) is 12.8 Å². The van der Waals surface area contributed by atoms with E-state index in [1.807, 2.05) is 13.8 Å². The van der Waals surface area contributed by atoms with E-state index in [2.05, 4.69) is 36.4 Å². The fourth-order valence-electron chi connectivity index (χ4n) is 3.09. The monoisotopic (exact) mass is 390 g/mol. The average Bonchev–Trinajstić information content (AvgIpc) is 3.22. The molecule has 6 heteroatoms. The molecule has 27 heavy (non-hydrogen) atoms. The number of hydrogen-bond acceptors (Lipinski definition) is 5. The Kier molecular flexibility index (Phi) is 8.23. The third kappa shape index (κ3) is 6.94. The zero-order valence-corrected chi connectivity index (χ0v) is 17.6. The average molecular weight is 391 g/mol. The van der Waals surface area contributed by atoms with Crippen LogP contribution in [0.3, 0.4) is 0 Å². The molecule has 5 nitrogen and oxygen atoms in total. The number of aryl methyl sites for hydroxylation is 1. The Bertz CT molecular complexity index is 721. The summed E-state index contributed by atoms with van der Waals surface area (Å²) in [5, 5.41) is 3.18. The summed E-state index contributed by atoms with van der Waals surface area (Å²) in [6.45, 7) is 8.90. The van der Waals surface area contributed by atoms with Crippen molar-refractivity contribution in [3.8, 4) is 0 Å². The van der Waals surface area contributed by atoms with Crippen LogP contribution < -0.4 is 0 Å². The van der Waals surface area contributed by atoms with Gasteiger partial charge in [-0.3, -0.25) is 4.79 Å². The molecule has 2 amide bonds. The maximum absolute atomic E-state index is 12.2. The SMILES string of the molecule is C/C(=C/CC/C(C)=C/c1csc(C)n1)CCCC(C)C(=O)N1CCOC1=O. The van der Waals surface area contributed by atoms with Gasteiger partial charge in [-0.15, -0.1) is 11.3 Å². The second kappa shape index (κ2) is 10.4. The van der Waals surface area contributed by atoms with Crippen molar-refractivity contribution in [1.29, 1.82) is 0 Å². The van der Waals surface area contributed by atoms with E-state index in [4.69, 9.17) is 4.74 Å². The van der Waals surface area contributed by atoms with Crippen LogP contribution in [0.1, 0.15) is 63.6 Å². The molecule has 0 radical (unpaired) electrons. The zero-order valence-electron chi connectivity index (χ0n) is 16.8. The van der Waals surface area contributed by atoms with Gasteiger partial charge in [-0.1, -0.05) is 24.1 Å². The molecule has 1 aliphatic heterocycles. The minimum Gasteiger partial charge on any atom is -0.447 e. The normalized spacial score (nSPS) is 16.6. The smallest absolute Gasteiger partial charge is 0.416 e. The van der Waals surface area contributed by atoms with Gasteiger partial charge in [0.2, 0.25) is 5.91 Å². The van der Waals surface area contributed by atoms with E-state index in [1.54, 1.807) is 11.3 Å². The van der Waals surface area contributed by atoms with Gasteiger partial charge in [0, 0.05) is 11.3 Å². The standard InChI is InChI=1S/C21H30N2O3S/c1-15(7-5-9-16(2)13-19-14-27-18(4)22-19)8-6-10-17(3)20(24)23-11-12-26-21(23)25/h7,13-14,17H,5-6,8-12H2,1-4H3/b15-7-,16-13+. The van der Waals surface area contributed by atoms with Gasteiger partial charge in [-0.25, -0.2) is 14.7 Å². The highest BCUT2D eigenvalue weighted by Crippen LogP contribution is 2.18. The number of allylic oxidation sites excluding steroid dienone is 3. The van der Waals surface area contributed by atoms with Crippen LogP contribution in [-0.2, 0) is 9.53 Å². The fraction of sp³-hybridized carbons (Fsp3) is 0.571. The molecule has 1 unspecified atom stereocenters. The molecule has 0 bridgehead atoms. The molecule has 2 heterocycles. The summed E-state index contributed by atoms with van der Waals surface area (Å²) in [5.41, 5.74) is 3.74. The first-order valence-corrected chi connectivity index (χ1v) is 10.5. The van der Waals surface area contributed by atoms with Gasteiger partial charge in [0.15, 0.2) is 0 Å². The van der Waals surface area contributed by atoms with Crippen molar-refractivity contribution in [3.63, 3.8) is 0 Å². The highest BCUT2D eigenvalue weighted by atomic mass is 32.1. The van der Waals surface area contributed by atoms with Crippen LogP contribution >= 0.6 is 11.3 Å². The number of carbonyl (C=O) groups is 2. The van der Waals surface area contributed by atoms with Crippen molar-refractivity contribution in [2.45, 2.75) is 59.8 Å². The minimum absolute atomic E-state index is 0.114. The van der Waals surface area contributed by atoms with Crippen LogP contribution in [0.4, 0.5) is 4.79 Å². The highest BCUT2D eigenvalue weighted by Gasteiger charge is 2.31. The Morgan fingerprint density at radius 1 is 1.37 bits per heavy atom. The third-order valence-corrected chi connectivity index (χ3v) is 5.51. The van der Waals surface area contributed by atoms with Gasteiger partial charge in [0.05, 0.1) is 17.2 Å². The fourth-order valence-corrected chi connectivity index (χ4v) is 3.66. The molecule has 0 spiro atoms. The lowest BCUT2D eigenvalue weighted by Gasteiger charge is -2.16. The lowest BCUT2D eigenvalue weighted by atomic mass is 9.99. The molecule has 1 aliphatic rings. The van der Waals surface area contributed by atoms with Gasteiger partial charge in [-0.05, 0) is 59.0 Å². The first kappa shape index (κ1) is 21.4. The number of amides is 2. The Balaban J connectivity index is 1.67. The molecular weight excluding hydrogens is 360 g/mol. The molecule has 1 saturated heterocycles. The summed E-state index contributed by atoms with van der Waals surface area (Å²) < 4.78 is 4.83. The van der Waals surface area contributed by atoms with E-state index in [9.17, 15) is 9.59 Å². The predicted octanol–water partition coefficient (Wildman–Crippen LogP) is 5.37. The van der Waals surface area contributed by atoms with E-state index in [-0.39, 0.29) is 11.8 Å². The maximum Gasteiger partial charge on any atom is 0.416 e. The summed E-state index contributed by atoms with van der Waals surface area (Å²) >= 11 is 1.68. The maximum atomic E-state index is 12.2. The number of cyclic esters (lactones) is 1. The number of thiazole rings is 1. The summed E-state index contributed by atoms with van der Waals surface area (Å²) in [5.74, 6) is -0.257. The molecule has 0 aliphatic carbocycles. The molecule has 1 fully saturated rings. The van der Waals surface area contributed by atoms with Crippen molar-refractivity contribution in [2.24, 2.45) is 5.92 Å². The highest BCUT2D eigenvalue weighted by molar-refractivity contribution is 7.09. The van der Waals surface area contributed by atoms with Crippen LogP contribution in [0.15, 0.2) is 22.6 Å². The quantitative estimate of drug-likeness (QED) is 0.532. The topological polar surface area (TPSA) is 59.5 Å². The molecule has 1 atom stereocenters. The van der Waals surface area contributed by atoms with Gasteiger partial charge in [0.25, 0.3) is 0 Å². The van der Waals surface area contributed by atoms with Crippen molar-refractivity contribution in [3.05, 3.63) is 33.3 Å². The second-order valence-electron chi connectivity index (χ2n) is 7.27. The lowest BCUT2D eigenvalue weighted by Crippen LogP contribution is -2.35. The van der Waals surface area contributed by atoms with Crippen molar-refractivity contribution < 1.29 is 14.3 Å². The second-order valence-corrected chi connectivity index (χ2v) is 8.33. The number of imide groups is 1. The molecule has 0 aromatic carbocycles. The number of ether oxygens (including phenoxy) is 1. The van der Waals surface area contributed by atoms with E-state index in [0.29, 0.717) is 13.2 Å². The molecule has 0 N–H and O–H groups in total. The van der Waals surface area contributed by atoms with Crippen LogP contribution in [0.5, 0.6) is 0 Å². The van der Waals surface area contributed by atoms with Crippen LogP contribution in [0.2, 0.25) is 0 Å². The number of aromatic nitrogens is 1. The summed E-state index contributed by atoms with van der Waals surface area (Å²) in [7, 11) is 0. The number of rotatable bonds is 9. The largest absolute Gasteiger partial charge is 0.447 e. The van der Waals surface area contributed by atoms with Gasteiger partial charge in [0.1, 0.15) is 6.61 Å². The van der Waals surface area contributed by atoms with Gasteiger partial charge in [-0.2, -0.15) is 0 Å². The molecule has 1 aromatic rings. The number of nitrogens with zero attached hydrogens (tertiary/aromatic N) is 2. The van der Waals surface area contributed by atoms with Crippen LogP contribution in [0.25, 0.3) is 6.08 Å². The number of hydrogen-bond donors (Lipinski definition) is 0. The van der Waals surface area contributed by atoms with E-state index < -0.39 is 6.09 Å². The van der Waals surface area contributed by atoms with Crippen molar-refractivity contribution >= 4 is 29.4 Å². The minimum atomic E-state index is -0.501. The summed E-state index contributed by atoms with van der Waals surface area (Å²) in [4.78, 5) is 29.4. The van der Waals surface area contributed by atoms with E-state index in [1.165, 1.54) is 16.0 Å². The Morgan fingerprint density at radius 3 is 2.78 bits per heavy atom. The Labute approximate surface area is 166 Å². The van der Waals surface area contributed by atoms with Crippen molar-refractivity contribution in [2.75, 3.05) is 13.2 Å². The summed E-state index contributed by atoms with van der Waals surface area (Å²) in [6, 6.07) is 0. The molecule has 2 rings (SSSR count). The first-order chi connectivity index (χ1) is 12.9. The zero-order chi connectivity index (χ0) is 19.8. The van der Waals surface area contributed by atoms with E-state index in [0.717, 1.165) is 42.8 Å². The van der Waals surface area contributed by atoms with Gasteiger partial charge < -0.3 is 4.74 Å². The third-order valence-electron chi connectivity index (χ3n) is 4.72.